The largest absolute Gasteiger partial charge is 0.479 e. The van der Waals surface area contributed by atoms with Gasteiger partial charge in [0.05, 0.1) is 26.4 Å². The Morgan fingerprint density at radius 1 is 0.447 bits per heavy atom. The Hall–Kier alpha value is -0.350. The lowest BCUT2D eigenvalue weighted by Crippen LogP contribution is -2.43. The molecule has 0 saturated carbocycles. The van der Waals surface area contributed by atoms with Gasteiger partial charge in [-0.3, -0.25) is 18.1 Å². The van der Waals surface area contributed by atoms with Gasteiger partial charge in [0.15, 0.2) is 0 Å². The van der Waals surface area contributed by atoms with Crippen molar-refractivity contribution >= 4 is 21.6 Å². The molecule has 2 N–H and O–H groups in total. The molecule has 0 saturated heterocycles. The summed E-state index contributed by atoms with van der Waals surface area (Å²) in [7, 11) is -9.37. The van der Waals surface area contributed by atoms with Gasteiger partial charge in [-0.15, -0.1) is 0 Å². The van der Waals surface area contributed by atoms with E-state index in [-0.39, 0.29) is 26.4 Å². The average molecular weight is 717 g/mol. The lowest BCUT2D eigenvalue weighted by Gasteiger charge is -2.29. The fraction of sp³-hybridized carbons (Fsp3) is 0.971. The summed E-state index contributed by atoms with van der Waals surface area (Å²) in [5.41, 5.74) is 0. The third kappa shape index (κ3) is 26.2. The molecule has 282 valence electrons. The van der Waals surface area contributed by atoms with Crippen LogP contribution in [0, 0.1) is 0 Å². The molecule has 0 atom stereocenters. The number of aliphatic carboxylic acids is 1. The summed E-state index contributed by atoms with van der Waals surface area (Å²) in [6.45, 7) is 8.33. The van der Waals surface area contributed by atoms with Crippen LogP contribution < -0.4 is 0 Å². The number of hydrogen-bond acceptors (Lipinski definition) is 10. The van der Waals surface area contributed by atoms with E-state index in [4.69, 9.17) is 27.1 Å². The predicted octanol–water partition coefficient (Wildman–Crippen LogP) is 11.5. The number of carboxylic acids is 1. The maximum Gasteiger partial charge on any atom is 0.479 e. The lowest BCUT2D eigenvalue weighted by atomic mass is 10.1. The van der Waals surface area contributed by atoms with E-state index in [1.54, 1.807) is 0 Å². The Balaban J connectivity index is 5.61. The molecule has 0 heterocycles. The van der Waals surface area contributed by atoms with Crippen molar-refractivity contribution in [3.05, 3.63) is 0 Å². The Morgan fingerprint density at radius 3 is 0.872 bits per heavy atom. The first-order chi connectivity index (χ1) is 22.6. The molecule has 0 aliphatic carbocycles. The SMILES string of the molecule is CCCCCCCCOP(=O)(OCCCCCCCC)OC(O)(OP(=O)(OCCCCCCCC)OCCCCCCCC)C(=O)O. The summed E-state index contributed by atoms with van der Waals surface area (Å²) in [6.07, 6.45) is 22.4. The van der Waals surface area contributed by atoms with Crippen molar-refractivity contribution in [1.82, 2.24) is 0 Å². The number of phosphoric ester groups is 2. The van der Waals surface area contributed by atoms with Crippen LogP contribution in [0.4, 0.5) is 0 Å². The van der Waals surface area contributed by atoms with Crippen LogP contribution in [0.2, 0.25) is 0 Å². The first-order valence-electron chi connectivity index (χ1n) is 18.8. The van der Waals surface area contributed by atoms with E-state index in [2.05, 4.69) is 27.7 Å². The van der Waals surface area contributed by atoms with Gasteiger partial charge in [-0.05, 0) is 25.7 Å². The number of rotatable bonds is 37. The van der Waals surface area contributed by atoms with Gasteiger partial charge in [0, 0.05) is 0 Å². The third-order valence-electron chi connectivity index (χ3n) is 7.73. The lowest BCUT2D eigenvalue weighted by molar-refractivity contribution is -0.283. The van der Waals surface area contributed by atoms with Gasteiger partial charge in [-0.1, -0.05) is 156 Å². The molecule has 13 heteroatoms. The highest BCUT2D eigenvalue weighted by molar-refractivity contribution is 7.49. The first kappa shape index (κ1) is 46.6. The van der Waals surface area contributed by atoms with Gasteiger partial charge in [0.2, 0.25) is 0 Å². The van der Waals surface area contributed by atoms with E-state index in [0.717, 1.165) is 128 Å². The Kier molecular flexibility index (Phi) is 30.2. The maximum absolute atomic E-state index is 13.7. The number of carboxylic acid groups (broad SMARTS) is 1. The number of phosphoric acid groups is 2. The van der Waals surface area contributed by atoms with Crippen LogP contribution in [-0.4, -0.2) is 48.6 Å². The molecule has 0 radical (unpaired) electrons. The van der Waals surface area contributed by atoms with Crippen LogP contribution in [0.1, 0.15) is 182 Å². The van der Waals surface area contributed by atoms with Crippen molar-refractivity contribution in [3.8, 4) is 0 Å². The topological polar surface area (TPSA) is 147 Å². The van der Waals surface area contributed by atoms with Crippen molar-refractivity contribution < 1.29 is 51.3 Å². The molecule has 11 nitrogen and oxygen atoms in total. The summed E-state index contributed by atoms with van der Waals surface area (Å²) in [6, 6.07) is 0. The average Bonchev–Trinajstić information content (AvgIpc) is 3.03. The second kappa shape index (κ2) is 30.5. The summed E-state index contributed by atoms with van der Waals surface area (Å²) in [5.74, 6) is -5.76. The summed E-state index contributed by atoms with van der Waals surface area (Å²) < 4.78 is 59.6. The molecule has 0 amide bonds. The number of aliphatic hydroxyl groups is 1. The van der Waals surface area contributed by atoms with E-state index in [1.165, 1.54) is 0 Å². The molecule has 0 rings (SSSR count). The Bertz CT molecular complexity index is 728. The standard InChI is InChI=1S/C34H70O11P2/c1-5-9-13-17-21-25-29-40-46(38,41-30-26-22-18-14-10-6-2)44-34(37,33(35)36)45-47(39,42-31-27-23-19-15-11-7-3)43-32-28-24-20-16-12-8-4/h37H,5-32H2,1-4H3,(H,35,36). The van der Waals surface area contributed by atoms with Crippen LogP contribution in [0.15, 0.2) is 0 Å². The van der Waals surface area contributed by atoms with Crippen molar-refractivity contribution in [2.75, 3.05) is 26.4 Å². The van der Waals surface area contributed by atoms with Gasteiger partial charge < -0.3 is 10.2 Å². The Labute approximate surface area is 286 Å². The molecule has 0 aromatic heterocycles. The monoisotopic (exact) mass is 716 g/mol. The normalized spacial score (nSPS) is 12.6. The van der Waals surface area contributed by atoms with E-state index >= 15 is 0 Å². The highest BCUT2D eigenvalue weighted by atomic mass is 31.2. The molecule has 0 spiro atoms. The molecule has 0 aliphatic heterocycles. The number of carbonyl (C=O) groups is 1. The fourth-order valence-electron chi connectivity index (χ4n) is 4.81. The summed E-state index contributed by atoms with van der Waals surface area (Å²) in [4.78, 5) is 12.3. The predicted molar refractivity (Wildman–Crippen MR) is 187 cm³/mol. The summed E-state index contributed by atoms with van der Waals surface area (Å²) in [5, 5.41) is 21.0. The second-order valence-corrected chi connectivity index (χ2v) is 15.6. The molecule has 0 aromatic carbocycles. The van der Waals surface area contributed by atoms with Crippen LogP contribution >= 0.6 is 15.6 Å². The minimum atomic E-state index is -4.69. The molecular formula is C34H70O11P2. The molecule has 0 aromatic rings. The van der Waals surface area contributed by atoms with Gasteiger partial charge >= 0.3 is 27.6 Å². The second-order valence-electron chi connectivity index (χ2n) is 12.4. The highest BCUT2D eigenvalue weighted by Crippen LogP contribution is 2.58. The third-order valence-corrected chi connectivity index (χ3v) is 10.7. The molecule has 0 unspecified atom stereocenters. The molecule has 0 fully saturated rings. The fourth-order valence-corrected chi connectivity index (χ4v) is 7.48. The first-order valence-corrected chi connectivity index (χ1v) is 21.7. The number of hydrogen-bond donors (Lipinski definition) is 2. The van der Waals surface area contributed by atoms with Crippen LogP contribution in [0.3, 0.4) is 0 Å². The molecule has 0 bridgehead atoms. The minimum absolute atomic E-state index is 0.0453. The van der Waals surface area contributed by atoms with Crippen molar-refractivity contribution in [2.45, 2.75) is 188 Å². The smallest absolute Gasteiger partial charge is 0.475 e. The maximum atomic E-state index is 13.7. The zero-order valence-electron chi connectivity index (χ0n) is 30.3. The van der Waals surface area contributed by atoms with Gasteiger partial charge in [0.25, 0.3) is 0 Å². The van der Waals surface area contributed by atoms with Crippen molar-refractivity contribution in [1.29, 1.82) is 0 Å². The van der Waals surface area contributed by atoms with Gasteiger partial charge in [-0.25, -0.2) is 23.0 Å². The quantitative estimate of drug-likeness (QED) is 0.0359. The zero-order chi connectivity index (χ0) is 35.1. The molecule has 0 aliphatic rings. The molecule has 47 heavy (non-hydrogen) atoms. The number of unbranched alkanes of at least 4 members (excludes halogenated alkanes) is 20. The van der Waals surface area contributed by atoms with Crippen LogP contribution in [0.25, 0.3) is 0 Å². The van der Waals surface area contributed by atoms with E-state index in [0.29, 0.717) is 25.7 Å². The van der Waals surface area contributed by atoms with Gasteiger partial charge in [0.1, 0.15) is 0 Å². The van der Waals surface area contributed by atoms with Crippen molar-refractivity contribution in [2.24, 2.45) is 0 Å². The highest BCUT2D eigenvalue weighted by Gasteiger charge is 2.54. The van der Waals surface area contributed by atoms with Crippen LogP contribution in [-0.2, 0) is 41.1 Å². The van der Waals surface area contributed by atoms with Crippen molar-refractivity contribution in [3.63, 3.8) is 0 Å². The van der Waals surface area contributed by atoms with E-state index in [1.807, 2.05) is 0 Å². The Morgan fingerprint density at radius 2 is 0.660 bits per heavy atom. The van der Waals surface area contributed by atoms with E-state index < -0.39 is 27.6 Å². The molecular weight excluding hydrogens is 646 g/mol. The zero-order valence-corrected chi connectivity index (χ0v) is 32.1. The van der Waals surface area contributed by atoms with Crippen LogP contribution in [0.5, 0.6) is 0 Å². The summed E-state index contributed by atoms with van der Waals surface area (Å²) >= 11 is 0. The minimum Gasteiger partial charge on any atom is -0.475 e. The van der Waals surface area contributed by atoms with Gasteiger partial charge in [-0.2, -0.15) is 0 Å². The van der Waals surface area contributed by atoms with E-state index in [9.17, 15) is 24.1 Å².